The highest BCUT2D eigenvalue weighted by Crippen LogP contribution is 2.26. The van der Waals surface area contributed by atoms with E-state index in [0.717, 1.165) is 23.4 Å². The maximum atomic E-state index is 13.4. The van der Waals surface area contributed by atoms with Crippen molar-refractivity contribution in [1.29, 1.82) is 5.26 Å². The predicted octanol–water partition coefficient (Wildman–Crippen LogP) is 4.52. The van der Waals surface area contributed by atoms with Gasteiger partial charge in [0, 0.05) is 12.1 Å². The van der Waals surface area contributed by atoms with E-state index in [2.05, 4.69) is 10.3 Å². The van der Waals surface area contributed by atoms with Gasteiger partial charge in [0.2, 0.25) is 5.91 Å². The van der Waals surface area contributed by atoms with Crippen molar-refractivity contribution in [2.45, 2.75) is 18.1 Å². The number of nitro groups is 1. The van der Waals surface area contributed by atoms with Crippen molar-refractivity contribution in [2.75, 3.05) is 11.1 Å². The van der Waals surface area contributed by atoms with E-state index in [1.54, 1.807) is 28.8 Å². The zero-order chi connectivity index (χ0) is 24.9. The van der Waals surface area contributed by atoms with Gasteiger partial charge in [0.1, 0.15) is 6.07 Å². The fraction of sp³-hybridized carbons (Fsp3) is 0.120. The third-order valence-electron chi connectivity index (χ3n) is 5.39. The number of carbonyl (C=O) groups excluding carboxylic acids is 1. The van der Waals surface area contributed by atoms with Crippen LogP contribution in [-0.4, -0.2) is 26.1 Å². The summed E-state index contributed by atoms with van der Waals surface area (Å²) in [6, 6.07) is 21.7. The molecule has 0 bridgehead atoms. The standard InChI is InChI=1S/C25H19N5O4S/c1-16(17-7-3-2-4-8-17)29-24(32)20-9-5-6-10-22(20)28-25(29)35-15-23(31)27-21-12-11-19(30(33)34)13-18(21)14-26/h2-13,16H,15H2,1H3,(H,27,31)/t16-/m0/s1. The van der Waals surface area contributed by atoms with Gasteiger partial charge >= 0.3 is 0 Å². The monoisotopic (exact) mass is 485 g/mol. The summed E-state index contributed by atoms with van der Waals surface area (Å²) in [5, 5.41) is 23.7. The number of aromatic nitrogens is 2. The second-order valence-corrected chi connectivity index (χ2v) is 8.55. The maximum absolute atomic E-state index is 13.4. The van der Waals surface area contributed by atoms with Crippen LogP contribution in [0, 0.1) is 21.4 Å². The Morgan fingerprint density at radius 3 is 2.60 bits per heavy atom. The highest BCUT2D eigenvalue weighted by Gasteiger charge is 2.19. The molecular weight excluding hydrogens is 466 g/mol. The topological polar surface area (TPSA) is 131 Å². The summed E-state index contributed by atoms with van der Waals surface area (Å²) in [5.74, 6) is -0.532. The van der Waals surface area contributed by atoms with Gasteiger partial charge in [-0.1, -0.05) is 54.2 Å². The van der Waals surface area contributed by atoms with E-state index in [0.29, 0.717) is 16.1 Å². The van der Waals surface area contributed by atoms with Crippen LogP contribution in [0.4, 0.5) is 11.4 Å². The van der Waals surface area contributed by atoms with Gasteiger partial charge < -0.3 is 5.32 Å². The Labute approximate surface area is 204 Å². The molecule has 0 aliphatic rings. The SMILES string of the molecule is C[C@@H](c1ccccc1)n1c(SCC(=O)Nc2ccc([N+](=O)[O-])cc2C#N)nc2ccccc2c1=O. The van der Waals surface area contributed by atoms with Crippen molar-refractivity contribution >= 4 is 39.9 Å². The van der Waals surface area contributed by atoms with Crippen LogP contribution in [0.15, 0.2) is 82.7 Å². The summed E-state index contributed by atoms with van der Waals surface area (Å²) in [5.41, 5.74) is 1.15. The number of anilines is 1. The average molecular weight is 486 g/mol. The summed E-state index contributed by atoms with van der Waals surface area (Å²) in [4.78, 5) is 41.0. The van der Waals surface area contributed by atoms with E-state index < -0.39 is 10.8 Å². The van der Waals surface area contributed by atoms with Crippen LogP contribution >= 0.6 is 11.8 Å². The van der Waals surface area contributed by atoms with Crippen LogP contribution in [0.1, 0.15) is 24.1 Å². The van der Waals surface area contributed by atoms with Crippen molar-refractivity contribution in [3.63, 3.8) is 0 Å². The van der Waals surface area contributed by atoms with Crippen LogP contribution in [0.2, 0.25) is 0 Å². The summed E-state index contributed by atoms with van der Waals surface area (Å²) in [6.07, 6.45) is 0. The normalized spacial score (nSPS) is 11.5. The average Bonchev–Trinajstić information content (AvgIpc) is 2.88. The minimum Gasteiger partial charge on any atom is -0.324 e. The molecule has 10 heteroatoms. The van der Waals surface area contributed by atoms with Gasteiger partial charge in [-0.3, -0.25) is 24.3 Å². The number of nitrogens with one attached hydrogen (secondary N) is 1. The van der Waals surface area contributed by atoms with Crippen LogP contribution in [0.5, 0.6) is 0 Å². The van der Waals surface area contributed by atoms with Crippen molar-refractivity contribution in [3.8, 4) is 6.07 Å². The van der Waals surface area contributed by atoms with Gasteiger partial charge in [0.05, 0.1) is 38.9 Å². The summed E-state index contributed by atoms with van der Waals surface area (Å²) in [6.45, 7) is 1.90. The molecule has 0 saturated heterocycles. The molecule has 0 aliphatic carbocycles. The number of benzene rings is 3. The van der Waals surface area contributed by atoms with E-state index in [1.807, 2.05) is 43.3 Å². The number of carbonyl (C=O) groups is 1. The molecule has 4 aromatic rings. The van der Waals surface area contributed by atoms with Crippen molar-refractivity contribution < 1.29 is 9.72 Å². The molecule has 4 rings (SSSR count). The Bertz CT molecular complexity index is 1530. The molecule has 1 heterocycles. The largest absolute Gasteiger partial charge is 0.324 e. The van der Waals surface area contributed by atoms with Gasteiger partial charge in [-0.25, -0.2) is 4.98 Å². The minimum absolute atomic E-state index is 0.0176. The lowest BCUT2D eigenvalue weighted by Gasteiger charge is -2.20. The number of nitrogens with zero attached hydrogens (tertiary/aromatic N) is 4. The fourth-order valence-electron chi connectivity index (χ4n) is 3.61. The fourth-order valence-corrected chi connectivity index (χ4v) is 4.49. The number of thioether (sulfide) groups is 1. The molecule has 9 nitrogen and oxygen atoms in total. The highest BCUT2D eigenvalue weighted by atomic mass is 32.2. The number of amides is 1. The van der Waals surface area contributed by atoms with Crippen LogP contribution in [0.25, 0.3) is 10.9 Å². The van der Waals surface area contributed by atoms with E-state index >= 15 is 0 Å². The van der Waals surface area contributed by atoms with E-state index in [-0.39, 0.29) is 34.3 Å². The highest BCUT2D eigenvalue weighted by molar-refractivity contribution is 7.99. The lowest BCUT2D eigenvalue weighted by Crippen LogP contribution is -2.27. The molecule has 0 aliphatic heterocycles. The molecule has 1 amide bonds. The zero-order valence-electron chi connectivity index (χ0n) is 18.5. The lowest BCUT2D eigenvalue weighted by atomic mass is 10.1. The Morgan fingerprint density at radius 1 is 1.17 bits per heavy atom. The Hall–Kier alpha value is -4.49. The lowest BCUT2D eigenvalue weighted by molar-refractivity contribution is -0.384. The third kappa shape index (κ3) is 5.05. The molecule has 1 atom stereocenters. The molecular formula is C25H19N5O4S. The number of hydrogen-bond donors (Lipinski definition) is 1. The van der Waals surface area contributed by atoms with Gasteiger partial charge in [0.25, 0.3) is 11.2 Å². The molecule has 0 radical (unpaired) electrons. The molecule has 1 N–H and O–H groups in total. The number of para-hydroxylation sites is 1. The Kier molecular flexibility index (Phi) is 6.89. The van der Waals surface area contributed by atoms with E-state index in [1.165, 1.54) is 12.1 Å². The van der Waals surface area contributed by atoms with E-state index in [9.17, 15) is 25.0 Å². The first kappa shape index (κ1) is 23.7. The van der Waals surface area contributed by atoms with Gasteiger partial charge in [0.15, 0.2) is 5.16 Å². The second-order valence-electron chi connectivity index (χ2n) is 7.61. The van der Waals surface area contributed by atoms with Crippen molar-refractivity contribution in [3.05, 3.63) is 104 Å². The number of rotatable bonds is 7. The molecule has 0 unspecified atom stereocenters. The Balaban J connectivity index is 1.63. The summed E-state index contributed by atoms with van der Waals surface area (Å²) < 4.78 is 1.57. The molecule has 0 spiro atoms. The van der Waals surface area contributed by atoms with Gasteiger partial charge in [-0.05, 0) is 30.7 Å². The molecule has 0 fully saturated rings. The molecule has 174 valence electrons. The summed E-state index contributed by atoms with van der Waals surface area (Å²) in [7, 11) is 0. The van der Waals surface area contributed by atoms with Crippen molar-refractivity contribution in [2.24, 2.45) is 0 Å². The van der Waals surface area contributed by atoms with Crippen LogP contribution in [0.3, 0.4) is 0 Å². The quantitative estimate of drug-likeness (QED) is 0.176. The van der Waals surface area contributed by atoms with E-state index in [4.69, 9.17) is 0 Å². The molecule has 3 aromatic carbocycles. The van der Waals surface area contributed by atoms with Crippen LogP contribution < -0.4 is 10.9 Å². The predicted molar refractivity (Wildman–Crippen MR) is 133 cm³/mol. The van der Waals surface area contributed by atoms with Crippen molar-refractivity contribution in [1.82, 2.24) is 9.55 Å². The number of nitriles is 1. The maximum Gasteiger partial charge on any atom is 0.270 e. The second kappa shape index (κ2) is 10.2. The summed E-state index contributed by atoms with van der Waals surface area (Å²) >= 11 is 1.10. The number of non-ortho nitro benzene ring substituents is 1. The first-order chi connectivity index (χ1) is 16.9. The first-order valence-corrected chi connectivity index (χ1v) is 11.5. The van der Waals surface area contributed by atoms with Crippen LogP contribution in [-0.2, 0) is 4.79 Å². The Morgan fingerprint density at radius 2 is 1.89 bits per heavy atom. The number of nitro benzene ring substituents is 1. The molecule has 1 aromatic heterocycles. The smallest absolute Gasteiger partial charge is 0.270 e. The van der Waals surface area contributed by atoms with Gasteiger partial charge in [-0.2, -0.15) is 5.26 Å². The third-order valence-corrected chi connectivity index (χ3v) is 6.34. The zero-order valence-corrected chi connectivity index (χ0v) is 19.4. The number of fused-ring (bicyclic) bond motifs is 1. The molecule has 35 heavy (non-hydrogen) atoms. The minimum atomic E-state index is -0.610. The van der Waals surface area contributed by atoms with Gasteiger partial charge in [-0.15, -0.1) is 0 Å². The molecule has 0 saturated carbocycles. The number of hydrogen-bond acceptors (Lipinski definition) is 7. The first-order valence-electron chi connectivity index (χ1n) is 10.6.